The number of benzene rings is 2. The second-order valence-electron chi connectivity index (χ2n) is 8.88. The summed E-state index contributed by atoms with van der Waals surface area (Å²) in [7, 11) is -3.90. The first-order chi connectivity index (χ1) is 17.1. The minimum atomic E-state index is -3.90. The Morgan fingerprint density at radius 3 is 2.81 bits per heavy atom. The zero-order valence-corrected chi connectivity index (χ0v) is 20.3. The highest BCUT2D eigenvalue weighted by Gasteiger charge is 2.27. The van der Waals surface area contributed by atoms with Gasteiger partial charge in [0.25, 0.3) is 5.91 Å². The van der Waals surface area contributed by atoms with Crippen LogP contribution in [-0.2, 0) is 10.2 Å². The van der Waals surface area contributed by atoms with Crippen LogP contribution in [0.15, 0.2) is 71.4 Å². The van der Waals surface area contributed by atoms with Crippen LogP contribution in [0, 0.1) is 0 Å². The fourth-order valence-electron chi connectivity index (χ4n) is 3.84. The van der Waals surface area contributed by atoms with Crippen molar-refractivity contribution < 1.29 is 17.9 Å². The van der Waals surface area contributed by atoms with Gasteiger partial charge in [-0.3, -0.25) is 9.52 Å². The number of carbonyl (C=O) groups excluding carboxylic acids is 1. The average molecular weight is 506 g/mol. The number of rotatable bonds is 6. The number of pyridine rings is 1. The van der Waals surface area contributed by atoms with E-state index in [9.17, 15) is 13.2 Å². The van der Waals surface area contributed by atoms with Crippen LogP contribution in [0.25, 0.3) is 16.7 Å². The Hall–Kier alpha value is -4.45. The number of fused-ring (bicyclic) bond motifs is 2. The van der Waals surface area contributed by atoms with E-state index in [1.165, 1.54) is 0 Å². The maximum absolute atomic E-state index is 13.1. The van der Waals surface area contributed by atoms with Crippen LogP contribution < -0.4 is 20.5 Å². The highest BCUT2D eigenvalue weighted by atomic mass is 32.2. The third-order valence-corrected chi connectivity index (χ3v) is 6.40. The third-order valence-electron chi connectivity index (χ3n) is 5.48. The Bertz CT molecular complexity index is 1630. The van der Waals surface area contributed by atoms with Gasteiger partial charge in [0, 0.05) is 17.1 Å². The lowest BCUT2D eigenvalue weighted by Crippen LogP contribution is -2.48. The summed E-state index contributed by atoms with van der Waals surface area (Å²) >= 11 is 0. The maximum Gasteiger partial charge on any atom is 0.344 e. The van der Waals surface area contributed by atoms with E-state index >= 15 is 0 Å². The number of hydrogen-bond acceptors (Lipinski definition) is 7. The molecule has 3 heterocycles. The molecular weight excluding hydrogens is 482 g/mol. The van der Waals surface area contributed by atoms with Gasteiger partial charge in [-0.15, -0.1) is 4.40 Å². The van der Waals surface area contributed by atoms with E-state index in [0.29, 0.717) is 22.7 Å². The number of anilines is 1. The predicted molar refractivity (Wildman–Crippen MR) is 136 cm³/mol. The number of amidine groups is 1. The molecule has 0 bridgehead atoms. The minimum Gasteiger partial charge on any atom is -0.490 e. The van der Waals surface area contributed by atoms with Gasteiger partial charge < -0.3 is 15.8 Å². The molecule has 0 spiro atoms. The summed E-state index contributed by atoms with van der Waals surface area (Å²) < 4.78 is 37.0. The van der Waals surface area contributed by atoms with E-state index < -0.39 is 15.7 Å². The smallest absolute Gasteiger partial charge is 0.344 e. The summed E-state index contributed by atoms with van der Waals surface area (Å²) in [6.07, 6.45) is 3.30. The average Bonchev–Trinajstić information content (AvgIpc) is 3.26. The Morgan fingerprint density at radius 2 is 1.97 bits per heavy atom. The Labute approximate surface area is 207 Å². The van der Waals surface area contributed by atoms with Gasteiger partial charge in [0.15, 0.2) is 11.7 Å². The molecule has 11 nitrogen and oxygen atoms in total. The molecule has 36 heavy (non-hydrogen) atoms. The van der Waals surface area contributed by atoms with Crippen LogP contribution in [0.5, 0.6) is 5.75 Å². The van der Waals surface area contributed by atoms with Crippen LogP contribution in [0.2, 0.25) is 0 Å². The summed E-state index contributed by atoms with van der Waals surface area (Å²) in [5.41, 5.74) is 7.00. The molecular formula is C24H23N7O4S. The number of carbonyl (C=O) groups is 1. The molecule has 2 aromatic heterocycles. The van der Waals surface area contributed by atoms with Crippen molar-refractivity contribution in [3.63, 3.8) is 0 Å². The van der Waals surface area contributed by atoms with Crippen molar-refractivity contribution in [3.05, 3.63) is 78.1 Å². The Kier molecular flexibility index (Phi) is 5.59. The molecule has 4 aromatic rings. The first-order valence-electron chi connectivity index (χ1n) is 11.0. The summed E-state index contributed by atoms with van der Waals surface area (Å²) in [5, 5.41) is 8.32. The summed E-state index contributed by atoms with van der Waals surface area (Å²) in [6.45, 7) is 3.70. The number of aromatic nitrogens is 3. The van der Waals surface area contributed by atoms with Crippen LogP contribution in [0.3, 0.4) is 0 Å². The van der Waals surface area contributed by atoms with Gasteiger partial charge in [-0.05, 0) is 44.2 Å². The van der Waals surface area contributed by atoms with Crippen molar-refractivity contribution in [2.45, 2.75) is 19.4 Å². The molecule has 1 aliphatic rings. The molecule has 0 saturated heterocycles. The van der Waals surface area contributed by atoms with E-state index in [1.54, 1.807) is 47.4 Å². The van der Waals surface area contributed by atoms with Gasteiger partial charge in [-0.25, -0.2) is 9.67 Å². The van der Waals surface area contributed by atoms with Gasteiger partial charge in [-0.2, -0.15) is 13.5 Å². The van der Waals surface area contributed by atoms with Crippen molar-refractivity contribution in [1.82, 2.24) is 20.1 Å². The minimum absolute atomic E-state index is 0.0803. The molecule has 1 amide bonds. The lowest BCUT2D eigenvalue weighted by Gasteiger charge is -2.27. The van der Waals surface area contributed by atoms with Crippen molar-refractivity contribution in [2.75, 3.05) is 11.3 Å². The van der Waals surface area contributed by atoms with E-state index in [2.05, 4.69) is 24.5 Å². The van der Waals surface area contributed by atoms with Gasteiger partial charge >= 0.3 is 10.2 Å². The summed E-state index contributed by atoms with van der Waals surface area (Å²) in [5.74, 6) is 0.380. The number of ether oxygens (including phenoxy) is 1. The van der Waals surface area contributed by atoms with Crippen LogP contribution in [-0.4, -0.2) is 47.1 Å². The fraction of sp³-hybridized carbons (Fsp3) is 0.167. The lowest BCUT2D eigenvalue weighted by atomic mass is 10.1. The Morgan fingerprint density at radius 1 is 1.17 bits per heavy atom. The van der Waals surface area contributed by atoms with Gasteiger partial charge in [-0.1, -0.05) is 24.3 Å². The number of amides is 1. The number of nitrogens with one attached hydrogen (secondary N) is 2. The predicted octanol–water partition coefficient (Wildman–Crippen LogP) is 2.38. The maximum atomic E-state index is 13.1. The first-order valence-corrected chi connectivity index (χ1v) is 12.4. The second-order valence-corrected chi connectivity index (χ2v) is 10.2. The highest BCUT2D eigenvalue weighted by molar-refractivity contribution is 7.91. The number of hydrogen-bond donors (Lipinski definition) is 3. The van der Waals surface area contributed by atoms with Crippen LogP contribution in [0.1, 0.15) is 29.8 Å². The van der Waals surface area contributed by atoms with Crippen molar-refractivity contribution in [2.24, 2.45) is 10.1 Å². The third kappa shape index (κ3) is 4.58. The molecule has 184 valence electrons. The Balaban J connectivity index is 1.32. The normalized spacial score (nSPS) is 14.4. The topological polar surface area (TPSA) is 154 Å². The van der Waals surface area contributed by atoms with Gasteiger partial charge in [0.05, 0.1) is 28.5 Å². The molecule has 0 aliphatic carbocycles. The number of nitrogens with zero attached hydrogens (tertiary/aromatic N) is 4. The molecule has 2 aromatic carbocycles. The standard InChI is InChI=1S/C24H23N7O4S/c1-24(2,14-35-19-9-5-7-17-21(19)22(25)30-36(33,34)29-17)28-23(32)15-10-11-26-20(12-15)31-18-8-4-3-6-16(18)13-27-31/h3-13,29H,14H2,1-2H3,(H2,25,30)(H,28,32). The molecule has 12 heteroatoms. The molecule has 1 aliphatic heterocycles. The van der Waals surface area contributed by atoms with Gasteiger partial charge in [0.2, 0.25) is 0 Å². The number of nitrogens with two attached hydrogens (primary N) is 1. The summed E-state index contributed by atoms with van der Waals surface area (Å²) in [6, 6.07) is 15.9. The quantitative estimate of drug-likeness (QED) is 0.363. The number of para-hydroxylation sites is 1. The highest BCUT2D eigenvalue weighted by Crippen LogP contribution is 2.31. The second kappa shape index (κ2) is 8.64. The molecule has 0 fully saturated rings. The zero-order valence-electron chi connectivity index (χ0n) is 19.5. The van der Waals surface area contributed by atoms with Gasteiger partial charge in [0.1, 0.15) is 12.4 Å². The van der Waals surface area contributed by atoms with Crippen LogP contribution in [0.4, 0.5) is 5.69 Å². The van der Waals surface area contributed by atoms with E-state index in [4.69, 9.17) is 10.5 Å². The zero-order chi connectivity index (χ0) is 25.5. The lowest BCUT2D eigenvalue weighted by molar-refractivity contribution is 0.0880. The van der Waals surface area contributed by atoms with E-state index in [-0.39, 0.29) is 24.0 Å². The van der Waals surface area contributed by atoms with E-state index in [0.717, 1.165) is 10.9 Å². The van der Waals surface area contributed by atoms with E-state index in [1.807, 2.05) is 38.1 Å². The van der Waals surface area contributed by atoms with Crippen molar-refractivity contribution in [3.8, 4) is 11.6 Å². The van der Waals surface area contributed by atoms with Crippen LogP contribution >= 0.6 is 0 Å². The molecule has 0 radical (unpaired) electrons. The molecule has 4 N–H and O–H groups in total. The molecule has 0 unspecified atom stereocenters. The monoisotopic (exact) mass is 505 g/mol. The molecule has 0 saturated carbocycles. The SMILES string of the molecule is CC(C)(COc1cccc2c1C(N)=NS(=O)(=O)N2)NC(=O)c1ccnc(-n2ncc3ccccc32)c1. The molecule has 5 rings (SSSR count). The molecule has 0 atom stereocenters. The largest absolute Gasteiger partial charge is 0.490 e. The van der Waals surface area contributed by atoms with Crippen molar-refractivity contribution >= 4 is 38.5 Å². The summed E-state index contributed by atoms with van der Waals surface area (Å²) in [4.78, 5) is 17.4. The van der Waals surface area contributed by atoms with Crippen molar-refractivity contribution in [1.29, 1.82) is 0 Å². The first kappa shape index (κ1) is 23.3. The fourth-order valence-corrected chi connectivity index (χ4v) is 4.68.